The maximum absolute atomic E-state index is 10.5. The van der Waals surface area contributed by atoms with Gasteiger partial charge in [-0.25, -0.2) is 14.8 Å². The summed E-state index contributed by atoms with van der Waals surface area (Å²) in [7, 11) is 1.54. The Morgan fingerprint density at radius 2 is 2.26 bits per heavy atom. The van der Waals surface area contributed by atoms with Crippen LogP contribution in [-0.2, 0) is 4.79 Å². The molecule has 2 aromatic rings. The molecule has 0 saturated heterocycles. The van der Waals surface area contributed by atoms with Gasteiger partial charge < -0.3 is 9.84 Å². The van der Waals surface area contributed by atoms with Crippen LogP contribution in [-0.4, -0.2) is 32.7 Å². The molecule has 2 rings (SSSR count). The van der Waals surface area contributed by atoms with Crippen molar-refractivity contribution in [1.29, 1.82) is 0 Å². The number of ether oxygens (including phenoxy) is 1. The Bertz CT molecular complexity index is 632. The first-order valence-electron chi connectivity index (χ1n) is 5.56. The highest BCUT2D eigenvalue weighted by atomic mass is 16.5. The summed E-state index contributed by atoms with van der Waals surface area (Å²) in [5.41, 5.74) is 1.53. The SMILES string of the molecule is COc1cc(C=CC(=O)O)cnc1-n1cnc(C)c1. The molecule has 0 radical (unpaired) electrons. The Hall–Kier alpha value is -2.63. The molecule has 0 amide bonds. The van der Waals surface area contributed by atoms with Gasteiger partial charge in [0.2, 0.25) is 0 Å². The maximum Gasteiger partial charge on any atom is 0.328 e. The van der Waals surface area contributed by atoms with E-state index in [4.69, 9.17) is 9.84 Å². The van der Waals surface area contributed by atoms with E-state index >= 15 is 0 Å². The van der Waals surface area contributed by atoms with E-state index in [0.29, 0.717) is 17.1 Å². The second-order valence-corrected chi connectivity index (χ2v) is 3.89. The molecule has 6 nitrogen and oxygen atoms in total. The molecule has 0 aliphatic carbocycles. The minimum absolute atomic E-state index is 0.546. The van der Waals surface area contributed by atoms with Crippen LogP contribution in [0.3, 0.4) is 0 Å². The first-order valence-corrected chi connectivity index (χ1v) is 5.56. The average Bonchev–Trinajstić information content (AvgIpc) is 2.82. The quantitative estimate of drug-likeness (QED) is 0.845. The van der Waals surface area contributed by atoms with Gasteiger partial charge in [-0.15, -0.1) is 0 Å². The van der Waals surface area contributed by atoms with Crippen LogP contribution in [0.25, 0.3) is 11.9 Å². The maximum atomic E-state index is 10.5. The second kappa shape index (κ2) is 5.34. The molecule has 0 bridgehead atoms. The summed E-state index contributed by atoms with van der Waals surface area (Å²) < 4.78 is 7.01. The first kappa shape index (κ1) is 12.8. The summed E-state index contributed by atoms with van der Waals surface area (Å²) in [4.78, 5) is 18.9. The summed E-state index contributed by atoms with van der Waals surface area (Å²) in [5, 5.41) is 8.59. The molecule has 0 unspecified atom stereocenters. The number of hydrogen-bond acceptors (Lipinski definition) is 4. The molecule has 0 fully saturated rings. The lowest BCUT2D eigenvalue weighted by molar-refractivity contribution is -0.131. The van der Waals surface area contributed by atoms with Crippen molar-refractivity contribution in [1.82, 2.24) is 14.5 Å². The van der Waals surface area contributed by atoms with Gasteiger partial charge in [-0.3, -0.25) is 4.57 Å². The Morgan fingerprint density at radius 1 is 1.47 bits per heavy atom. The van der Waals surface area contributed by atoms with E-state index in [1.165, 1.54) is 13.2 Å². The van der Waals surface area contributed by atoms with Crippen LogP contribution < -0.4 is 4.74 Å². The van der Waals surface area contributed by atoms with E-state index in [9.17, 15) is 4.79 Å². The third kappa shape index (κ3) is 2.98. The van der Waals surface area contributed by atoms with Crippen LogP contribution in [0.15, 0.2) is 30.9 Å². The average molecular weight is 259 g/mol. The predicted octanol–water partition coefficient (Wildman–Crippen LogP) is 1.68. The smallest absolute Gasteiger partial charge is 0.328 e. The van der Waals surface area contributed by atoms with Gasteiger partial charge in [0.25, 0.3) is 0 Å². The number of methoxy groups -OCH3 is 1. The molecule has 0 spiro atoms. The van der Waals surface area contributed by atoms with Gasteiger partial charge >= 0.3 is 5.97 Å². The standard InChI is InChI=1S/C13H13N3O3/c1-9-7-16(8-15-9)13-11(19-2)5-10(6-14-13)3-4-12(17)18/h3-8H,1-2H3,(H,17,18). The Labute approximate surface area is 110 Å². The summed E-state index contributed by atoms with van der Waals surface area (Å²) in [5.74, 6) is 0.147. The fraction of sp³-hybridized carbons (Fsp3) is 0.154. The molecule has 1 N–H and O–H groups in total. The Kier molecular flexibility index (Phi) is 3.61. The van der Waals surface area contributed by atoms with Crippen molar-refractivity contribution in [2.24, 2.45) is 0 Å². The van der Waals surface area contributed by atoms with Gasteiger partial charge in [0.1, 0.15) is 6.33 Å². The van der Waals surface area contributed by atoms with Gasteiger partial charge in [0, 0.05) is 18.5 Å². The van der Waals surface area contributed by atoms with E-state index < -0.39 is 5.97 Å². The van der Waals surface area contributed by atoms with Crippen molar-refractivity contribution < 1.29 is 14.6 Å². The van der Waals surface area contributed by atoms with Gasteiger partial charge in [0.15, 0.2) is 11.6 Å². The molecule has 6 heteroatoms. The number of rotatable bonds is 4. The summed E-state index contributed by atoms with van der Waals surface area (Å²) in [6.45, 7) is 1.88. The first-order chi connectivity index (χ1) is 9.10. The van der Waals surface area contributed by atoms with Crippen LogP contribution in [0.4, 0.5) is 0 Å². The number of hydrogen-bond donors (Lipinski definition) is 1. The minimum atomic E-state index is -1.01. The van der Waals surface area contributed by atoms with Gasteiger partial charge in [-0.05, 0) is 24.6 Å². The zero-order chi connectivity index (χ0) is 13.8. The van der Waals surface area contributed by atoms with Gasteiger partial charge in [-0.1, -0.05) is 0 Å². The summed E-state index contributed by atoms with van der Waals surface area (Å²) >= 11 is 0. The normalized spacial score (nSPS) is 10.8. The predicted molar refractivity (Wildman–Crippen MR) is 69.3 cm³/mol. The molecule has 0 aliphatic rings. The van der Waals surface area contributed by atoms with E-state index in [-0.39, 0.29) is 0 Å². The van der Waals surface area contributed by atoms with Crippen molar-refractivity contribution in [3.63, 3.8) is 0 Å². The van der Waals surface area contributed by atoms with E-state index in [1.807, 2.05) is 13.1 Å². The number of imidazole rings is 1. The van der Waals surface area contributed by atoms with Gasteiger partial charge in [-0.2, -0.15) is 0 Å². The lowest BCUT2D eigenvalue weighted by atomic mass is 10.2. The highest BCUT2D eigenvalue weighted by Gasteiger charge is 2.08. The zero-order valence-electron chi connectivity index (χ0n) is 10.6. The number of carboxylic acids is 1. The number of aliphatic carboxylic acids is 1. The number of carbonyl (C=O) groups is 1. The van der Waals surface area contributed by atoms with Gasteiger partial charge in [0.05, 0.1) is 12.8 Å². The number of pyridine rings is 1. The number of carboxylic acid groups (broad SMARTS) is 1. The molecular weight excluding hydrogens is 246 g/mol. The molecule has 0 saturated carbocycles. The molecule has 2 heterocycles. The zero-order valence-corrected chi connectivity index (χ0v) is 10.6. The molecular formula is C13H13N3O3. The molecule has 98 valence electrons. The fourth-order valence-electron chi connectivity index (χ4n) is 1.59. The topological polar surface area (TPSA) is 77.2 Å². The van der Waals surface area contributed by atoms with Crippen molar-refractivity contribution in [2.75, 3.05) is 7.11 Å². The van der Waals surface area contributed by atoms with Crippen LogP contribution in [0.1, 0.15) is 11.3 Å². The van der Waals surface area contributed by atoms with Crippen LogP contribution in [0.2, 0.25) is 0 Å². The third-order valence-corrected chi connectivity index (χ3v) is 2.45. The molecule has 0 aliphatic heterocycles. The Morgan fingerprint density at radius 3 is 2.84 bits per heavy atom. The molecule has 0 aromatic carbocycles. The van der Waals surface area contributed by atoms with E-state index in [2.05, 4.69) is 9.97 Å². The highest BCUT2D eigenvalue weighted by Crippen LogP contribution is 2.22. The lowest BCUT2D eigenvalue weighted by Crippen LogP contribution is -1.99. The van der Waals surface area contributed by atoms with E-state index in [0.717, 1.165) is 11.8 Å². The van der Waals surface area contributed by atoms with E-state index in [1.54, 1.807) is 23.2 Å². The van der Waals surface area contributed by atoms with Crippen LogP contribution in [0, 0.1) is 6.92 Å². The minimum Gasteiger partial charge on any atom is -0.493 e. The number of aromatic nitrogens is 3. The van der Waals surface area contributed by atoms with Crippen molar-refractivity contribution in [3.8, 4) is 11.6 Å². The number of nitrogens with zero attached hydrogens (tertiary/aromatic N) is 3. The Balaban J connectivity index is 2.39. The lowest BCUT2D eigenvalue weighted by Gasteiger charge is -2.08. The highest BCUT2D eigenvalue weighted by molar-refractivity contribution is 5.85. The molecule has 0 atom stereocenters. The monoisotopic (exact) mass is 259 g/mol. The molecule has 19 heavy (non-hydrogen) atoms. The number of aryl methyl sites for hydroxylation is 1. The summed E-state index contributed by atoms with van der Waals surface area (Å²) in [6, 6.07) is 1.72. The second-order valence-electron chi connectivity index (χ2n) is 3.89. The van der Waals surface area contributed by atoms with Crippen LogP contribution >= 0.6 is 0 Å². The van der Waals surface area contributed by atoms with Crippen LogP contribution in [0.5, 0.6) is 5.75 Å². The third-order valence-electron chi connectivity index (χ3n) is 2.45. The largest absolute Gasteiger partial charge is 0.493 e. The fourth-order valence-corrected chi connectivity index (χ4v) is 1.59. The summed E-state index contributed by atoms with van der Waals surface area (Å²) in [6.07, 6.45) is 7.56. The van der Waals surface area contributed by atoms with Crippen molar-refractivity contribution in [3.05, 3.63) is 42.1 Å². The molecule has 2 aromatic heterocycles. The van der Waals surface area contributed by atoms with Crippen molar-refractivity contribution >= 4 is 12.0 Å². The van der Waals surface area contributed by atoms with Crippen molar-refractivity contribution in [2.45, 2.75) is 6.92 Å².